The van der Waals surface area contributed by atoms with Gasteiger partial charge >= 0.3 is 0 Å². The summed E-state index contributed by atoms with van der Waals surface area (Å²) in [4.78, 5) is 17.0. The van der Waals surface area contributed by atoms with Crippen LogP contribution in [0.1, 0.15) is 23.2 Å². The maximum Gasteiger partial charge on any atom is 0.254 e. The van der Waals surface area contributed by atoms with Crippen LogP contribution in [0.5, 0.6) is 0 Å². The predicted molar refractivity (Wildman–Crippen MR) is 95.5 cm³/mol. The Morgan fingerprint density at radius 2 is 2.08 bits per heavy atom. The summed E-state index contributed by atoms with van der Waals surface area (Å²) in [5.41, 5.74) is 1.61. The van der Waals surface area contributed by atoms with E-state index in [1.807, 2.05) is 42.3 Å². The molecule has 128 valence electrons. The number of nitrogens with zero attached hydrogens (tertiary/aromatic N) is 5. The lowest BCUT2D eigenvalue weighted by Crippen LogP contribution is -2.46. The molecule has 1 fully saturated rings. The molecule has 0 saturated carbocycles. The monoisotopic (exact) mass is 336 g/mol. The summed E-state index contributed by atoms with van der Waals surface area (Å²) in [6.45, 7) is 1.48. The molecule has 2 aromatic heterocycles. The minimum atomic E-state index is 0.0765. The van der Waals surface area contributed by atoms with Gasteiger partial charge in [0, 0.05) is 37.8 Å². The van der Waals surface area contributed by atoms with Crippen molar-refractivity contribution in [2.45, 2.75) is 18.9 Å². The Labute approximate surface area is 145 Å². The van der Waals surface area contributed by atoms with Gasteiger partial charge in [-0.3, -0.25) is 9.89 Å². The lowest BCUT2D eigenvalue weighted by atomic mass is 10.0. The first-order valence-electron chi connectivity index (χ1n) is 8.46. The highest BCUT2D eigenvalue weighted by atomic mass is 16.2. The Morgan fingerprint density at radius 1 is 1.24 bits per heavy atom. The fourth-order valence-corrected chi connectivity index (χ4v) is 3.45. The topological polar surface area (TPSA) is 78.0 Å². The molecular weight excluding hydrogens is 316 g/mol. The van der Waals surface area contributed by atoms with Crippen molar-refractivity contribution >= 4 is 22.6 Å². The van der Waals surface area contributed by atoms with Gasteiger partial charge in [0.1, 0.15) is 0 Å². The van der Waals surface area contributed by atoms with Gasteiger partial charge in [-0.1, -0.05) is 6.07 Å². The molecule has 4 rings (SSSR count). The molecule has 7 nitrogen and oxygen atoms in total. The van der Waals surface area contributed by atoms with Gasteiger partial charge in [-0.05, 0) is 37.1 Å². The number of fused-ring (bicyclic) bond motifs is 1. The second kappa shape index (κ2) is 6.51. The molecule has 0 bridgehead atoms. The maximum absolute atomic E-state index is 12.9. The maximum atomic E-state index is 12.9. The van der Waals surface area contributed by atoms with Crippen molar-refractivity contribution in [2.24, 2.45) is 0 Å². The molecule has 1 aliphatic rings. The average molecular weight is 336 g/mol. The molecule has 1 aliphatic heterocycles. The van der Waals surface area contributed by atoms with Gasteiger partial charge in [-0.2, -0.15) is 10.2 Å². The molecule has 1 aromatic carbocycles. The van der Waals surface area contributed by atoms with E-state index in [0.717, 1.165) is 42.7 Å². The second-order valence-electron chi connectivity index (χ2n) is 6.35. The van der Waals surface area contributed by atoms with Crippen molar-refractivity contribution in [3.8, 4) is 0 Å². The fourth-order valence-electron chi connectivity index (χ4n) is 3.45. The van der Waals surface area contributed by atoms with E-state index in [0.29, 0.717) is 11.6 Å². The number of piperidine rings is 1. The minimum absolute atomic E-state index is 0.0765. The third kappa shape index (κ3) is 2.93. The van der Waals surface area contributed by atoms with Gasteiger partial charge in [0.25, 0.3) is 5.91 Å². The van der Waals surface area contributed by atoms with Gasteiger partial charge in [0.2, 0.25) is 0 Å². The fraction of sp³-hybridized carbons (Fsp3) is 0.333. The van der Waals surface area contributed by atoms with Gasteiger partial charge in [-0.15, -0.1) is 5.10 Å². The highest BCUT2D eigenvalue weighted by molar-refractivity contribution is 6.06. The molecule has 1 N–H and O–H groups in total. The number of benzene rings is 1. The van der Waals surface area contributed by atoms with E-state index in [4.69, 9.17) is 0 Å². The lowest BCUT2D eigenvalue weighted by Gasteiger charge is -2.37. The van der Waals surface area contributed by atoms with Gasteiger partial charge in [0.05, 0.1) is 17.3 Å². The number of aromatic amines is 1. The molecular formula is C18H20N6O. The van der Waals surface area contributed by atoms with Gasteiger partial charge in [-0.25, -0.2) is 0 Å². The number of rotatable bonds is 3. The van der Waals surface area contributed by atoms with E-state index in [9.17, 15) is 4.79 Å². The molecule has 3 aromatic rings. The highest BCUT2D eigenvalue weighted by Crippen LogP contribution is 2.23. The number of anilines is 1. The summed E-state index contributed by atoms with van der Waals surface area (Å²) in [6, 6.07) is 9.92. The SMILES string of the molecule is CN(c1cccnn1)C1CCN(C(=O)c2cccc3[nH]ncc23)CC1. The number of hydrogen-bond acceptors (Lipinski definition) is 5. The zero-order valence-electron chi connectivity index (χ0n) is 14.1. The summed E-state index contributed by atoms with van der Waals surface area (Å²) >= 11 is 0. The Hall–Kier alpha value is -2.96. The molecule has 7 heteroatoms. The molecule has 0 atom stereocenters. The lowest BCUT2D eigenvalue weighted by molar-refractivity contribution is 0.0715. The van der Waals surface area contributed by atoms with Crippen LogP contribution in [0.2, 0.25) is 0 Å². The van der Waals surface area contributed by atoms with E-state index in [2.05, 4.69) is 25.3 Å². The Morgan fingerprint density at radius 3 is 2.84 bits per heavy atom. The van der Waals surface area contributed by atoms with E-state index in [-0.39, 0.29) is 5.91 Å². The number of likely N-dealkylation sites (tertiary alicyclic amines) is 1. The van der Waals surface area contributed by atoms with Crippen LogP contribution in [0.15, 0.2) is 42.7 Å². The van der Waals surface area contributed by atoms with Crippen molar-refractivity contribution in [2.75, 3.05) is 25.0 Å². The summed E-state index contributed by atoms with van der Waals surface area (Å²) in [5.74, 6) is 0.947. The number of amides is 1. The first-order valence-corrected chi connectivity index (χ1v) is 8.46. The molecule has 0 unspecified atom stereocenters. The van der Waals surface area contributed by atoms with E-state index in [1.165, 1.54) is 0 Å². The molecule has 3 heterocycles. The molecule has 25 heavy (non-hydrogen) atoms. The molecule has 1 amide bonds. The molecule has 0 spiro atoms. The Kier molecular flexibility index (Phi) is 4.05. The van der Waals surface area contributed by atoms with Crippen LogP contribution in [0.3, 0.4) is 0 Å². The second-order valence-corrected chi connectivity index (χ2v) is 6.35. The van der Waals surface area contributed by atoms with Crippen molar-refractivity contribution < 1.29 is 4.79 Å². The molecule has 0 radical (unpaired) electrons. The molecule has 0 aliphatic carbocycles. The van der Waals surface area contributed by atoms with Gasteiger partial charge in [0.15, 0.2) is 5.82 Å². The zero-order valence-corrected chi connectivity index (χ0v) is 14.1. The van der Waals surface area contributed by atoms with Crippen LogP contribution in [0, 0.1) is 0 Å². The van der Waals surface area contributed by atoms with Gasteiger partial charge < -0.3 is 9.80 Å². The number of carbonyl (C=O) groups excluding carboxylic acids is 1. The van der Waals surface area contributed by atoms with Crippen LogP contribution >= 0.6 is 0 Å². The number of H-pyrrole nitrogens is 1. The first kappa shape index (κ1) is 15.6. The number of nitrogens with one attached hydrogen (secondary N) is 1. The van der Waals surface area contributed by atoms with Crippen molar-refractivity contribution in [3.05, 3.63) is 48.3 Å². The minimum Gasteiger partial charge on any atom is -0.355 e. The molecule has 1 saturated heterocycles. The quantitative estimate of drug-likeness (QED) is 0.792. The number of hydrogen-bond donors (Lipinski definition) is 1. The predicted octanol–water partition coefficient (Wildman–Crippen LogP) is 2.09. The third-order valence-corrected chi connectivity index (χ3v) is 4.93. The summed E-state index contributed by atoms with van der Waals surface area (Å²) in [7, 11) is 2.04. The smallest absolute Gasteiger partial charge is 0.254 e. The third-order valence-electron chi connectivity index (χ3n) is 4.93. The van der Waals surface area contributed by atoms with Crippen LogP contribution in [0.25, 0.3) is 10.9 Å². The Bertz CT molecular complexity index is 869. The Balaban J connectivity index is 1.45. The van der Waals surface area contributed by atoms with E-state index < -0.39 is 0 Å². The summed E-state index contributed by atoms with van der Waals surface area (Å²) < 4.78 is 0. The van der Waals surface area contributed by atoms with E-state index in [1.54, 1.807) is 12.4 Å². The number of aromatic nitrogens is 4. The van der Waals surface area contributed by atoms with Crippen molar-refractivity contribution in [1.82, 2.24) is 25.3 Å². The highest BCUT2D eigenvalue weighted by Gasteiger charge is 2.27. The normalized spacial score (nSPS) is 15.5. The largest absolute Gasteiger partial charge is 0.355 e. The van der Waals surface area contributed by atoms with Crippen molar-refractivity contribution in [3.63, 3.8) is 0 Å². The van der Waals surface area contributed by atoms with E-state index >= 15 is 0 Å². The first-order chi connectivity index (χ1) is 12.2. The zero-order chi connectivity index (χ0) is 17.2. The van der Waals surface area contributed by atoms with Crippen LogP contribution < -0.4 is 4.90 Å². The summed E-state index contributed by atoms with van der Waals surface area (Å²) in [6.07, 6.45) is 5.23. The number of carbonyl (C=O) groups is 1. The van der Waals surface area contributed by atoms with Crippen LogP contribution in [0.4, 0.5) is 5.82 Å². The summed E-state index contributed by atoms with van der Waals surface area (Å²) in [5, 5.41) is 16.0. The van der Waals surface area contributed by atoms with Crippen LogP contribution in [-0.2, 0) is 0 Å². The standard InChI is InChI=1S/C18H20N6O/c1-23(17-6-3-9-19-22-17)13-7-10-24(11-8-13)18(25)14-4-2-5-16-15(14)12-20-21-16/h2-6,9,12-13H,7-8,10-11H2,1H3,(H,20,21). The van der Waals surface area contributed by atoms with Crippen LogP contribution in [-0.4, -0.2) is 57.4 Å². The van der Waals surface area contributed by atoms with Crippen molar-refractivity contribution in [1.29, 1.82) is 0 Å². The average Bonchev–Trinajstić information content (AvgIpc) is 3.16.